The van der Waals surface area contributed by atoms with Crippen LogP contribution >= 0.6 is 0 Å². The van der Waals surface area contributed by atoms with Gasteiger partial charge in [0.1, 0.15) is 11.1 Å². The Bertz CT molecular complexity index is 1070. The molecule has 2 atom stereocenters. The number of benzene rings is 2. The monoisotopic (exact) mass is 460 g/mol. The predicted octanol–water partition coefficient (Wildman–Crippen LogP) is 4.18. The lowest BCUT2D eigenvalue weighted by molar-refractivity contribution is -0.142. The van der Waals surface area contributed by atoms with Crippen LogP contribution in [0.4, 0.5) is 10.1 Å². The Morgan fingerprint density at radius 2 is 1.75 bits per heavy atom. The van der Waals surface area contributed by atoms with E-state index in [1.807, 2.05) is 42.2 Å². The number of piperidine rings is 1. The number of carboxylic acid groups (broad SMARTS) is 1. The molecule has 6 nitrogen and oxygen atoms in total. The minimum atomic E-state index is -3.63. The minimum absolute atomic E-state index is 0.0000349. The van der Waals surface area contributed by atoms with E-state index >= 15 is 4.39 Å². The van der Waals surface area contributed by atoms with Crippen LogP contribution in [-0.4, -0.2) is 42.9 Å². The first-order chi connectivity index (χ1) is 15.3. The van der Waals surface area contributed by atoms with Crippen LogP contribution in [-0.2, 0) is 21.4 Å². The second-order valence-electron chi connectivity index (χ2n) is 8.79. The molecule has 2 aliphatic rings. The van der Waals surface area contributed by atoms with Crippen molar-refractivity contribution in [3.05, 3.63) is 65.5 Å². The van der Waals surface area contributed by atoms with Gasteiger partial charge in [0.05, 0.1) is 5.92 Å². The van der Waals surface area contributed by atoms with Crippen molar-refractivity contribution < 1.29 is 22.7 Å². The molecule has 0 saturated carbocycles. The van der Waals surface area contributed by atoms with Gasteiger partial charge < -0.3 is 10.0 Å². The molecule has 2 aliphatic heterocycles. The average Bonchev–Trinajstić information content (AvgIpc) is 2.78. The molecule has 2 fully saturated rings. The fraction of sp³-hybridized carbons (Fsp3) is 0.458. The average molecular weight is 461 g/mol. The summed E-state index contributed by atoms with van der Waals surface area (Å²) in [5, 5.41) is 8.54. The molecule has 1 N–H and O–H groups in total. The van der Waals surface area contributed by atoms with Crippen LogP contribution in [0.15, 0.2) is 48.5 Å². The molecule has 0 aliphatic carbocycles. The number of carboxylic acids is 1. The number of hydrogen-bond donors (Lipinski definition) is 1. The molecule has 2 heterocycles. The van der Waals surface area contributed by atoms with Crippen molar-refractivity contribution in [1.29, 1.82) is 0 Å². The van der Waals surface area contributed by atoms with Crippen molar-refractivity contribution in [3.63, 3.8) is 0 Å². The third kappa shape index (κ3) is 4.52. The molecule has 32 heavy (non-hydrogen) atoms. The summed E-state index contributed by atoms with van der Waals surface area (Å²) in [6.45, 7) is 3.00. The number of sulfonamides is 1. The Kier molecular flexibility index (Phi) is 6.53. The SMILES string of the molecule is C[C@H]1CCC(c2ccccc2)S(=O)(=O)N1Cc1ccc(N2CCC(C(=O)O)CC2)cc1F. The maximum Gasteiger partial charge on any atom is 0.306 e. The standard InChI is InChI=1S/C24H29FN2O4S/c1-17-7-10-23(18-5-3-2-4-6-18)32(30,31)27(17)16-20-8-9-21(15-22(20)25)26-13-11-19(12-14-26)24(28)29/h2-6,8-9,15,17,19,23H,7,10-14,16H2,1H3,(H,28,29)/t17-,23?/m0/s1. The van der Waals surface area contributed by atoms with Crippen LogP contribution < -0.4 is 4.90 Å². The summed E-state index contributed by atoms with van der Waals surface area (Å²) in [6, 6.07) is 13.9. The quantitative estimate of drug-likeness (QED) is 0.724. The maximum atomic E-state index is 15.0. The third-order valence-electron chi connectivity index (χ3n) is 6.77. The van der Waals surface area contributed by atoms with Gasteiger partial charge in [0.25, 0.3) is 0 Å². The highest BCUT2D eigenvalue weighted by Crippen LogP contribution is 2.38. The van der Waals surface area contributed by atoms with Gasteiger partial charge in [-0.25, -0.2) is 12.8 Å². The van der Waals surface area contributed by atoms with E-state index in [0.29, 0.717) is 43.6 Å². The normalized spacial score (nSPS) is 24.4. The minimum Gasteiger partial charge on any atom is -0.481 e. The highest BCUT2D eigenvalue weighted by molar-refractivity contribution is 7.89. The molecule has 172 valence electrons. The molecule has 2 aromatic rings. The molecule has 0 spiro atoms. The summed E-state index contributed by atoms with van der Waals surface area (Å²) in [7, 11) is -3.63. The van der Waals surface area contributed by atoms with Gasteiger partial charge in [-0.15, -0.1) is 0 Å². The van der Waals surface area contributed by atoms with Crippen molar-refractivity contribution in [2.45, 2.75) is 50.4 Å². The topological polar surface area (TPSA) is 77.9 Å². The van der Waals surface area contributed by atoms with E-state index in [9.17, 15) is 13.2 Å². The van der Waals surface area contributed by atoms with Gasteiger partial charge in [0, 0.05) is 36.9 Å². The Morgan fingerprint density at radius 1 is 1.06 bits per heavy atom. The van der Waals surface area contributed by atoms with Crippen LogP contribution in [0.25, 0.3) is 0 Å². The lowest BCUT2D eigenvalue weighted by Crippen LogP contribution is -2.44. The summed E-state index contributed by atoms with van der Waals surface area (Å²) in [5.41, 5.74) is 1.81. The van der Waals surface area contributed by atoms with E-state index in [-0.39, 0.29) is 18.5 Å². The number of halogens is 1. The first-order valence-electron chi connectivity index (χ1n) is 11.1. The zero-order valence-electron chi connectivity index (χ0n) is 18.2. The molecule has 2 aromatic carbocycles. The van der Waals surface area contributed by atoms with Gasteiger partial charge >= 0.3 is 5.97 Å². The Morgan fingerprint density at radius 3 is 2.38 bits per heavy atom. The maximum absolute atomic E-state index is 15.0. The van der Waals surface area contributed by atoms with Crippen LogP contribution in [0, 0.1) is 11.7 Å². The Labute approximate surface area is 188 Å². The van der Waals surface area contributed by atoms with Crippen LogP contribution in [0.1, 0.15) is 49.0 Å². The number of rotatable bonds is 5. The van der Waals surface area contributed by atoms with E-state index < -0.39 is 27.1 Å². The first kappa shape index (κ1) is 22.7. The van der Waals surface area contributed by atoms with Crippen molar-refractivity contribution in [1.82, 2.24) is 4.31 Å². The molecule has 2 saturated heterocycles. The molecule has 0 radical (unpaired) electrons. The van der Waals surface area contributed by atoms with Gasteiger partial charge in [0.15, 0.2) is 0 Å². The molecular formula is C24H29FN2O4S. The van der Waals surface area contributed by atoms with Crippen molar-refractivity contribution in [3.8, 4) is 0 Å². The number of hydrogen-bond acceptors (Lipinski definition) is 4. The highest BCUT2D eigenvalue weighted by Gasteiger charge is 2.40. The van der Waals surface area contributed by atoms with Crippen LogP contribution in [0.3, 0.4) is 0 Å². The third-order valence-corrected chi connectivity index (χ3v) is 9.14. The summed E-state index contributed by atoms with van der Waals surface area (Å²) >= 11 is 0. The van der Waals surface area contributed by atoms with Gasteiger partial charge in [-0.05, 0) is 50.3 Å². The van der Waals surface area contributed by atoms with Gasteiger partial charge in [0.2, 0.25) is 10.0 Å². The number of aliphatic carboxylic acids is 1. The summed E-state index contributed by atoms with van der Waals surface area (Å²) < 4.78 is 43.2. The highest BCUT2D eigenvalue weighted by atomic mass is 32.2. The zero-order chi connectivity index (χ0) is 22.9. The second-order valence-corrected chi connectivity index (χ2v) is 10.9. The number of nitrogens with zero attached hydrogens (tertiary/aromatic N) is 2. The zero-order valence-corrected chi connectivity index (χ0v) is 19.0. The van der Waals surface area contributed by atoms with Crippen molar-refractivity contribution in [2.24, 2.45) is 5.92 Å². The fourth-order valence-electron chi connectivity index (χ4n) is 4.77. The number of anilines is 1. The van der Waals surface area contributed by atoms with E-state index in [1.165, 1.54) is 10.4 Å². The number of carbonyl (C=O) groups is 1. The van der Waals surface area contributed by atoms with E-state index in [0.717, 1.165) is 12.0 Å². The summed E-state index contributed by atoms with van der Waals surface area (Å²) in [6.07, 6.45) is 2.33. The molecule has 0 bridgehead atoms. The van der Waals surface area contributed by atoms with Gasteiger partial charge in [-0.1, -0.05) is 36.4 Å². The van der Waals surface area contributed by atoms with Crippen molar-refractivity contribution >= 4 is 21.7 Å². The molecule has 8 heteroatoms. The Hall–Kier alpha value is -2.45. The van der Waals surface area contributed by atoms with Gasteiger partial charge in [-0.3, -0.25) is 4.79 Å². The summed E-state index contributed by atoms with van der Waals surface area (Å²) in [5.74, 6) is -1.57. The first-order valence-corrected chi connectivity index (χ1v) is 12.6. The van der Waals surface area contributed by atoms with Crippen LogP contribution in [0.5, 0.6) is 0 Å². The molecule has 1 unspecified atom stereocenters. The second kappa shape index (κ2) is 9.19. The fourth-order valence-corrected chi connectivity index (χ4v) is 6.95. The van der Waals surface area contributed by atoms with E-state index in [2.05, 4.69) is 0 Å². The molecule has 4 rings (SSSR count). The van der Waals surface area contributed by atoms with E-state index in [4.69, 9.17) is 5.11 Å². The largest absolute Gasteiger partial charge is 0.481 e. The van der Waals surface area contributed by atoms with Crippen LogP contribution in [0.2, 0.25) is 0 Å². The smallest absolute Gasteiger partial charge is 0.306 e. The van der Waals surface area contributed by atoms with Gasteiger partial charge in [-0.2, -0.15) is 4.31 Å². The predicted molar refractivity (Wildman–Crippen MR) is 121 cm³/mol. The summed E-state index contributed by atoms with van der Waals surface area (Å²) in [4.78, 5) is 13.1. The lowest BCUT2D eigenvalue weighted by atomic mass is 9.96. The molecule has 0 amide bonds. The molecule has 0 aromatic heterocycles. The lowest BCUT2D eigenvalue weighted by Gasteiger charge is -2.37. The van der Waals surface area contributed by atoms with E-state index in [1.54, 1.807) is 12.1 Å². The molecular weight excluding hydrogens is 431 g/mol. The Balaban J connectivity index is 1.51. The van der Waals surface area contributed by atoms with Crippen molar-refractivity contribution in [2.75, 3.05) is 18.0 Å².